The van der Waals surface area contributed by atoms with Crippen LogP contribution < -0.4 is 10.7 Å². The van der Waals surface area contributed by atoms with Crippen LogP contribution in [0.1, 0.15) is 38.3 Å². The smallest absolute Gasteiger partial charge is 0.224 e. The Balaban J connectivity index is 1.98. The van der Waals surface area contributed by atoms with Crippen molar-refractivity contribution in [1.29, 1.82) is 0 Å². The van der Waals surface area contributed by atoms with E-state index in [9.17, 15) is 4.79 Å². The Morgan fingerprint density at radius 3 is 2.60 bits per heavy atom. The van der Waals surface area contributed by atoms with Crippen molar-refractivity contribution in [2.45, 2.75) is 39.7 Å². The largest absolute Gasteiger partial charge is 0.354 e. The van der Waals surface area contributed by atoms with Crippen molar-refractivity contribution < 1.29 is 4.79 Å². The summed E-state index contributed by atoms with van der Waals surface area (Å²) in [5, 5.41) is 7.22. The summed E-state index contributed by atoms with van der Waals surface area (Å²) >= 11 is 0. The van der Waals surface area contributed by atoms with Gasteiger partial charge in [-0.15, -0.1) is 0 Å². The second-order valence-electron chi connectivity index (χ2n) is 5.36. The van der Waals surface area contributed by atoms with Crippen LogP contribution in [0, 0.1) is 0 Å². The van der Waals surface area contributed by atoms with Gasteiger partial charge in [0.1, 0.15) is 0 Å². The van der Waals surface area contributed by atoms with Crippen molar-refractivity contribution in [3.05, 3.63) is 47.2 Å². The first kappa shape index (κ1) is 14.3. The minimum atomic E-state index is 0.0583. The van der Waals surface area contributed by atoms with E-state index in [1.54, 1.807) is 0 Å². The molecule has 1 heterocycles. The molecule has 106 valence electrons. The Hall–Kier alpha value is -2.10. The first-order valence-electron chi connectivity index (χ1n) is 6.92. The SMILES string of the molecule is CC1=CCC(c2ccc(CC(=O)NC(C)C)cc2)=NN1. The van der Waals surface area contributed by atoms with Crippen LogP contribution in [0.5, 0.6) is 0 Å². The van der Waals surface area contributed by atoms with E-state index in [-0.39, 0.29) is 11.9 Å². The molecule has 1 aromatic rings. The molecule has 4 nitrogen and oxygen atoms in total. The topological polar surface area (TPSA) is 53.5 Å². The highest BCUT2D eigenvalue weighted by Crippen LogP contribution is 2.12. The number of rotatable bonds is 4. The minimum Gasteiger partial charge on any atom is -0.354 e. The van der Waals surface area contributed by atoms with Gasteiger partial charge in [-0.3, -0.25) is 10.2 Å². The van der Waals surface area contributed by atoms with Gasteiger partial charge in [-0.25, -0.2) is 0 Å². The molecule has 0 saturated heterocycles. The molecule has 1 amide bonds. The third kappa shape index (κ3) is 3.95. The highest BCUT2D eigenvalue weighted by molar-refractivity contribution is 6.01. The molecular formula is C16H21N3O. The molecule has 0 aliphatic carbocycles. The van der Waals surface area contributed by atoms with E-state index in [4.69, 9.17) is 0 Å². The highest BCUT2D eigenvalue weighted by atomic mass is 16.1. The Kier molecular flexibility index (Phi) is 4.56. The summed E-state index contributed by atoms with van der Waals surface area (Å²) in [5.74, 6) is 0.0583. The highest BCUT2D eigenvalue weighted by Gasteiger charge is 2.08. The van der Waals surface area contributed by atoms with Crippen LogP contribution in [0.4, 0.5) is 0 Å². The third-order valence-corrected chi connectivity index (χ3v) is 3.07. The molecule has 1 aliphatic rings. The Morgan fingerprint density at radius 1 is 1.35 bits per heavy atom. The fourth-order valence-electron chi connectivity index (χ4n) is 2.05. The molecule has 0 unspecified atom stereocenters. The molecule has 0 saturated carbocycles. The van der Waals surface area contributed by atoms with Gasteiger partial charge in [0.2, 0.25) is 5.91 Å². The van der Waals surface area contributed by atoms with Crippen LogP contribution in [0.15, 0.2) is 41.1 Å². The van der Waals surface area contributed by atoms with Crippen LogP contribution in [-0.2, 0) is 11.2 Å². The van der Waals surface area contributed by atoms with Gasteiger partial charge >= 0.3 is 0 Å². The fraction of sp³-hybridized carbons (Fsp3) is 0.375. The van der Waals surface area contributed by atoms with E-state index >= 15 is 0 Å². The fourth-order valence-corrected chi connectivity index (χ4v) is 2.05. The van der Waals surface area contributed by atoms with E-state index in [0.29, 0.717) is 6.42 Å². The van der Waals surface area contributed by atoms with E-state index < -0.39 is 0 Å². The van der Waals surface area contributed by atoms with Crippen molar-refractivity contribution >= 4 is 11.6 Å². The molecule has 0 fully saturated rings. The first-order valence-corrected chi connectivity index (χ1v) is 6.92. The van der Waals surface area contributed by atoms with Gasteiger partial charge in [0.15, 0.2) is 0 Å². The van der Waals surface area contributed by atoms with E-state index in [1.807, 2.05) is 45.0 Å². The second kappa shape index (κ2) is 6.37. The van der Waals surface area contributed by atoms with Gasteiger partial charge in [-0.2, -0.15) is 5.10 Å². The van der Waals surface area contributed by atoms with E-state index in [2.05, 4.69) is 21.9 Å². The van der Waals surface area contributed by atoms with Crippen molar-refractivity contribution in [3.8, 4) is 0 Å². The Morgan fingerprint density at radius 2 is 2.05 bits per heavy atom. The van der Waals surface area contributed by atoms with Crippen LogP contribution >= 0.6 is 0 Å². The molecule has 1 aromatic carbocycles. The average molecular weight is 271 g/mol. The van der Waals surface area contributed by atoms with Gasteiger partial charge in [-0.1, -0.05) is 30.3 Å². The molecule has 0 atom stereocenters. The van der Waals surface area contributed by atoms with Crippen molar-refractivity contribution in [2.24, 2.45) is 5.10 Å². The van der Waals surface area contributed by atoms with Gasteiger partial charge in [0, 0.05) is 18.2 Å². The number of nitrogens with zero attached hydrogens (tertiary/aromatic N) is 1. The van der Waals surface area contributed by atoms with Gasteiger partial charge in [-0.05, 0) is 31.9 Å². The monoisotopic (exact) mass is 271 g/mol. The quantitative estimate of drug-likeness (QED) is 0.883. The lowest BCUT2D eigenvalue weighted by Crippen LogP contribution is -2.31. The molecule has 1 aliphatic heterocycles. The first-order chi connectivity index (χ1) is 9.54. The van der Waals surface area contributed by atoms with Crippen molar-refractivity contribution in [3.63, 3.8) is 0 Å². The summed E-state index contributed by atoms with van der Waals surface area (Å²) < 4.78 is 0. The number of hydrogen-bond donors (Lipinski definition) is 2. The zero-order chi connectivity index (χ0) is 14.5. The molecule has 2 rings (SSSR count). The number of nitrogens with one attached hydrogen (secondary N) is 2. The number of amides is 1. The molecule has 4 heteroatoms. The molecule has 20 heavy (non-hydrogen) atoms. The minimum absolute atomic E-state index is 0.0583. The number of allylic oxidation sites excluding steroid dienone is 2. The van der Waals surface area contributed by atoms with Crippen LogP contribution in [0.25, 0.3) is 0 Å². The lowest BCUT2D eigenvalue weighted by molar-refractivity contribution is -0.120. The van der Waals surface area contributed by atoms with Gasteiger partial charge in [0.25, 0.3) is 0 Å². The van der Waals surface area contributed by atoms with Crippen LogP contribution in [0.3, 0.4) is 0 Å². The summed E-state index contributed by atoms with van der Waals surface area (Å²) in [6.45, 7) is 5.92. The number of hydrazone groups is 1. The maximum atomic E-state index is 11.7. The third-order valence-electron chi connectivity index (χ3n) is 3.07. The summed E-state index contributed by atoms with van der Waals surface area (Å²) in [6, 6.07) is 8.20. The van der Waals surface area contributed by atoms with Gasteiger partial charge in [0.05, 0.1) is 12.1 Å². The number of carbonyl (C=O) groups excluding carboxylic acids is 1. The lowest BCUT2D eigenvalue weighted by Gasteiger charge is -2.12. The molecule has 0 aromatic heterocycles. The van der Waals surface area contributed by atoms with Crippen LogP contribution in [-0.4, -0.2) is 17.7 Å². The molecular weight excluding hydrogens is 250 g/mol. The summed E-state index contributed by atoms with van der Waals surface area (Å²) in [7, 11) is 0. The van der Waals surface area contributed by atoms with Crippen molar-refractivity contribution in [1.82, 2.24) is 10.7 Å². The second-order valence-corrected chi connectivity index (χ2v) is 5.36. The number of carbonyl (C=O) groups is 1. The van der Waals surface area contributed by atoms with E-state index in [1.165, 1.54) is 0 Å². The van der Waals surface area contributed by atoms with E-state index in [0.717, 1.165) is 29.0 Å². The maximum Gasteiger partial charge on any atom is 0.224 e. The van der Waals surface area contributed by atoms with Gasteiger partial charge < -0.3 is 5.32 Å². The summed E-state index contributed by atoms with van der Waals surface area (Å²) in [6.07, 6.45) is 3.38. The molecule has 0 spiro atoms. The average Bonchev–Trinajstić information content (AvgIpc) is 2.39. The summed E-state index contributed by atoms with van der Waals surface area (Å²) in [4.78, 5) is 11.7. The predicted octanol–water partition coefficient (Wildman–Crippen LogP) is 2.35. The maximum absolute atomic E-state index is 11.7. The van der Waals surface area contributed by atoms with Crippen molar-refractivity contribution in [2.75, 3.05) is 0 Å². The lowest BCUT2D eigenvalue weighted by atomic mass is 10.0. The Bertz CT molecular complexity index is 541. The summed E-state index contributed by atoms with van der Waals surface area (Å²) in [5.41, 5.74) is 7.19. The molecule has 0 radical (unpaired) electrons. The normalized spacial score (nSPS) is 14.4. The number of benzene rings is 1. The molecule has 2 N–H and O–H groups in total. The predicted molar refractivity (Wildman–Crippen MR) is 81.5 cm³/mol. The standard InChI is InChI=1S/C16H21N3O/c1-11(2)17-16(20)10-13-5-7-14(8-6-13)15-9-4-12(3)18-19-15/h4-8,11,18H,9-10H2,1-3H3,(H,17,20). The Labute approximate surface area is 120 Å². The van der Waals surface area contributed by atoms with Crippen LogP contribution in [0.2, 0.25) is 0 Å². The molecule has 0 bridgehead atoms. The zero-order valence-corrected chi connectivity index (χ0v) is 12.2. The number of hydrogen-bond acceptors (Lipinski definition) is 3. The zero-order valence-electron chi connectivity index (χ0n) is 12.2.